The third-order valence-electron chi connectivity index (χ3n) is 2.17. The maximum absolute atomic E-state index is 5.81. The van der Waals surface area contributed by atoms with Crippen LogP contribution in [0.15, 0.2) is 16.6 Å². The summed E-state index contributed by atoms with van der Waals surface area (Å²) in [6.45, 7) is 3.09. The highest BCUT2D eigenvalue weighted by atomic mass is 79.9. The van der Waals surface area contributed by atoms with Crippen LogP contribution in [0.2, 0.25) is 0 Å². The highest BCUT2D eigenvalue weighted by Gasteiger charge is 2.24. The first-order chi connectivity index (χ1) is 5.68. The lowest BCUT2D eigenvalue weighted by Gasteiger charge is -2.05. The average Bonchev–Trinajstić information content (AvgIpc) is 2.79. The summed E-state index contributed by atoms with van der Waals surface area (Å²) >= 11 is 3.53. The number of aryl methyl sites for hydroxylation is 1. The first kappa shape index (κ1) is 8.08. The van der Waals surface area contributed by atoms with Gasteiger partial charge in [0.25, 0.3) is 0 Å². The van der Waals surface area contributed by atoms with Crippen LogP contribution in [-0.4, -0.2) is 6.54 Å². The Morgan fingerprint density at radius 3 is 2.83 bits per heavy atom. The number of halogens is 1. The monoisotopic (exact) mass is 226 g/mol. The Morgan fingerprint density at radius 2 is 2.25 bits per heavy atom. The smallest absolute Gasteiger partial charge is 0.0459 e. The van der Waals surface area contributed by atoms with Crippen LogP contribution in [0.25, 0.3) is 0 Å². The van der Waals surface area contributed by atoms with Crippen molar-refractivity contribution >= 4 is 21.6 Å². The number of nitrogens with two attached hydrogens (primary N) is 1. The molecule has 0 aliphatic carbocycles. The van der Waals surface area contributed by atoms with Gasteiger partial charge in [0.05, 0.1) is 0 Å². The number of anilines is 1. The molecule has 1 atom stereocenters. The highest BCUT2D eigenvalue weighted by Crippen LogP contribution is 2.32. The highest BCUT2D eigenvalue weighted by molar-refractivity contribution is 9.10. The van der Waals surface area contributed by atoms with Crippen LogP contribution >= 0.6 is 15.9 Å². The van der Waals surface area contributed by atoms with Crippen molar-refractivity contribution in [2.45, 2.75) is 13.0 Å². The summed E-state index contributed by atoms with van der Waals surface area (Å²) in [4.78, 5) is 0. The van der Waals surface area contributed by atoms with Gasteiger partial charge in [-0.05, 0) is 30.2 Å². The molecule has 0 saturated carbocycles. The largest absolute Gasteiger partial charge is 0.399 e. The van der Waals surface area contributed by atoms with Gasteiger partial charge in [0.1, 0.15) is 0 Å². The molecule has 0 bridgehead atoms. The fraction of sp³-hybridized carbons (Fsp3) is 0.333. The van der Waals surface area contributed by atoms with Crippen molar-refractivity contribution in [1.29, 1.82) is 0 Å². The summed E-state index contributed by atoms with van der Waals surface area (Å²) in [7, 11) is 0. The van der Waals surface area contributed by atoms with E-state index >= 15 is 0 Å². The summed E-state index contributed by atoms with van der Waals surface area (Å²) < 4.78 is 1.16. The predicted molar refractivity (Wildman–Crippen MR) is 54.0 cm³/mol. The number of hydrogen-bond acceptors (Lipinski definition) is 2. The molecule has 0 radical (unpaired) electrons. The zero-order valence-electron chi connectivity index (χ0n) is 6.89. The molecule has 1 aliphatic rings. The topological polar surface area (TPSA) is 48.0 Å². The summed E-state index contributed by atoms with van der Waals surface area (Å²) in [5, 5.41) is 3.25. The van der Waals surface area contributed by atoms with Crippen molar-refractivity contribution in [2.75, 3.05) is 12.3 Å². The van der Waals surface area contributed by atoms with Gasteiger partial charge < -0.3 is 11.1 Å². The van der Waals surface area contributed by atoms with Gasteiger partial charge in [-0.3, -0.25) is 0 Å². The van der Waals surface area contributed by atoms with E-state index < -0.39 is 0 Å². The fourth-order valence-electron chi connectivity index (χ4n) is 1.25. The van der Waals surface area contributed by atoms with Crippen LogP contribution in [0.5, 0.6) is 0 Å². The molecule has 1 unspecified atom stereocenters. The number of hydrogen-bond donors (Lipinski definition) is 2. The molecule has 3 heteroatoms. The molecule has 64 valence electrons. The normalized spacial score (nSPS) is 21.0. The van der Waals surface area contributed by atoms with Crippen LogP contribution in [0.4, 0.5) is 5.69 Å². The molecule has 1 aromatic rings. The Balaban J connectivity index is 2.47. The van der Waals surface area contributed by atoms with E-state index in [-0.39, 0.29) is 0 Å². The average molecular weight is 227 g/mol. The van der Waals surface area contributed by atoms with Gasteiger partial charge in [-0.25, -0.2) is 0 Å². The van der Waals surface area contributed by atoms with Crippen LogP contribution in [0, 0.1) is 6.92 Å². The fourth-order valence-corrected chi connectivity index (χ4v) is 1.99. The molecular formula is C9H11BrN2. The molecule has 0 amide bonds. The van der Waals surface area contributed by atoms with Gasteiger partial charge in [0.15, 0.2) is 0 Å². The minimum Gasteiger partial charge on any atom is -0.399 e. The van der Waals surface area contributed by atoms with Gasteiger partial charge >= 0.3 is 0 Å². The number of nitrogen functional groups attached to an aromatic ring is 1. The van der Waals surface area contributed by atoms with Crippen molar-refractivity contribution in [3.63, 3.8) is 0 Å². The Hall–Kier alpha value is -0.540. The summed E-state index contributed by atoms with van der Waals surface area (Å²) in [5.41, 5.74) is 9.09. The molecule has 2 nitrogen and oxygen atoms in total. The van der Waals surface area contributed by atoms with E-state index in [9.17, 15) is 0 Å². The summed E-state index contributed by atoms with van der Waals surface area (Å²) in [6.07, 6.45) is 0. The first-order valence-electron chi connectivity index (χ1n) is 3.97. The van der Waals surface area contributed by atoms with Crippen molar-refractivity contribution < 1.29 is 0 Å². The second kappa shape index (κ2) is 2.75. The van der Waals surface area contributed by atoms with Crippen LogP contribution in [-0.2, 0) is 0 Å². The zero-order chi connectivity index (χ0) is 8.72. The lowest BCUT2D eigenvalue weighted by atomic mass is 10.1. The SMILES string of the molecule is Cc1cc(Br)c(C2CN2)cc1N. The molecule has 3 N–H and O–H groups in total. The number of nitrogens with one attached hydrogen (secondary N) is 1. The first-order valence-corrected chi connectivity index (χ1v) is 4.76. The molecule has 1 aromatic carbocycles. The Bertz CT molecular complexity index is 319. The molecule has 1 fully saturated rings. The van der Waals surface area contributed by atoms with E-state index in [1.165, 1.54) is 5.56 Å². The third kappa shape index (κ3) is 1.34. The molecule has 2 rings (SSSR count). The van der Waals surface area contributed by atoms with Crippen molar-refractivity contribution in [3.05, 3.63) is 27.7 Å². The van der Waals surface area contributed by atoms with Gasteiger partial charge in [0, 0.05) is 22.7 Å². The molecular weight excluding hydrogens is 216 g/mol. The molecule has 1 heterocycles. The van der Waals surface area contributed by atoms with Crippen molar-refractivity contribution in [2.24, 2.45) is 0 Å². The van der Waals surface area contributed by atoms with E-state index in [1.54, 1.807) is 0 Å². The zero-order valence-corrected chi connectivity index (χ0v) is 8.48. The summed E-state index contributed by atoms with van der Waals surface area (Å²) in [6, 6.07) is 4.64. The van der Waals surface area contributed by atoms with E-state index in [0.29, 0.717) is 6.04 Å². The molecule has 0 spiro atoms. The minimum atomic E-state index is 0.516. The minimum absolute atomic E-state index is 0.516. The van der Waals surface area contributed by atoms with Gasteiger partial charge in [-0.15, -0.1) is 0 Å². The Kier molecular flexibility index (Phi) is 1.85. The molecule has 12 heavy (non-hydrogen) atoms. The lowest BCUT2D eigenvalue weighted by Crippen LogP contribution is -1.94. The van der Waals surface area contributed by atoms with E-state index in [0.717, 1.165) is 22.3 Å². The third-order valence-corrected chi connectivity index (χ3v) is 2.86. The number of benzene rings is 1. The van der Waals surface area contributed by atoms with E-state index in [4.69, 9.17) is 5.73 Å². The van der Waals surface area contributed by atoms with Crippen LogP contribution < -0.4 is 11.1 Å². The lowest BCUT2D eigenvalue weighted by molar-refractivity contribution is 1.07. The van der Waals surface area contributed by atoms with Crippen LogP contribution in [0.1, 0.15) is 17.2 Å². The standard InChI is InChI=1S/C9H11BrN2/c1-5-2-7(10)6(3-8(5)11)9-4-12-9/h2-3,9,12H,4,11H2,1H3. The number of rotatable bonds is 1. The van der Waals surface area contributed by atoms with Gasteiger partial charge in [-0.1, -0.05) is 15.9 Å². The molecule has 1 saturated heterocycles. The Morgan fingerprint density at radius 1 is 1.58 bits per heavy atom. The Labute approximate surface area is 80.3 Å². The van der Waals surface area contributed by atoms with Gasteiger partial charge in [0.2, 0.25) is 0 Å². The predicted octanol–water partition coefficient (Wildman–Crippen LogP) is 1.98. The van der Waals surface area contributed by atoms with E-state index in [2.05, 4.69) is 27.3 Å². The van der Waals surface area contributed by atoms with E-state index in [1.807, 2.05) is 13.0 Å². The quantitative estimate of drug-likeness (QED) is 0.569. The second-order valence-electron chi connectivity index (χ2n) is 3.19. The van der Waals surface area contributed by atoms with Gasteiger partial charge in [-0.2, -0.15) is 0 Å². The molecule has 1 aliphatic heterocycles. The van der Waals surface area contributed by atoms with Crippen molar-refractivity contribution in [3.8, 4) is 0 Å². The second-order valence-corrected chi connectivity index (χ2v) is 4.05. The maximum Gasteiger partial charge on any atom is 0.0459 e. The van der Waals surface area contributed by atoms with Crippen molar-refractivity contribution in [1.82, 2.24) is 5.32 Å². The molecule has 0 aromatic heterocycles. The van der Waals surface area contributed by atoms with Crippen LogP contribution in [0.3, 0.4) is 0 Å². The maximum atomic E-state index is 5.81. The summed E-state index contributed by atoms with van der Waals surface area (Å²) in [5.74, 6) is 0.